The normalized spacial score (nSPS) is 11.7. The van der Waals surface area contributed by atoms with Crippen molar-refractivity contribution in [3.05, 3.63) is 35.6 Å². The van der Waals surface area contributed by atoms with Gasteiger partial charge >= 0.3 is 5.97 Å². The van der Waals surface area contributed by atoms with Crippen molar-refractivity contribution in [3.63, 3.8) is 0 Å². The highest BCUT2D eigenvalue weighted by molar-refractivity contribution is 5.83. The molecule has 0 heterocycles. The molecule has 0 saturated carbocycles. The number of ether oxygens (including phenoxy) is 1. The van der Waals surface area contributed by atoms with E-state index in [0.29, 0.717) is 5.56 Å². The smallest absolute Gasteiger partial charge is 0.328 e. The largest absolute Gasteiger partial charge is 0.464 e. The first kappa shape index (κ1) is 14.2. The Kier molecular flexibility index (Phi) is 5.30. The summed E-state index contributed by atoms with van der Waals surface area (Å²) in [6.07, 6.45) is 0.0745. The Hall–Kier alpha value is -1.91. The maximum atomic E-state index is 13.5. The third kappa shape index (κ3) is 4.16. The van der Waals surface area contributed by atoms with Crippen LogP contribution in [0.15, 0.2) is 24.3 Å². The van der Waals surface area contributed by atoms with Gasteiger partial charge in [-0.05, 0) is 18.6 Å². The van der Waals surface area contributed by atoms with Crippen LogP contribution in [-0.2, 0) is 20.7 Å². The first-order chi connectivity index (χ1) is 8.54. The van der Waals surface area contributed by atoms with E-state index in [2.05, 4.69) is 5.32 Å². The molecule has 0 spiro atoms. The van der Waals surface area contributed by atoms with Crippen LogP contribution in [0.1, 0.15) is 19.4 Å². The molecule has 0 aromatic heterocycles. The van der Waals surface area contributed by atoms with E-state index in [1.165, 1.54) is 13.0 Å². The Morgan fingerprint density at radius 1 is 1.39 bits per heavy atom. The number of halogens is 1. The molecule has 5 heteroatoms. The minimum absolute atomic E-state index is 0.0745. The summed E-state index contributed by atoms with van der Waals surface area (Å²) in [5, 5.41) is 2.46. The average Bonchev–Trinajstić information content (AvgIpc) is 2.31. The second-order valence-electron chi connectivity index (χ2n) is 3.80. The lowest BCUT2D eigenvalue weighted by Crippen LogP contribution is -2.42. The molecule has 1 amide bonds. The summed E-state index contributed by atoms with van der Waals surface area (Å²) in [5.74, 6) is -1.32. The van der Waals surface area contributed by atoms with Gasteiger partial charge in [-0.3, -0.25) is 4.79 Å². The maximum absolute atomic E-state index is 13.5. The zero-order valence-electron chi connectivity index (χ0n) is 10.4. The van der Waals surface area contributed by atoms with E-state index in [4.69, 9.17) is 4.74 Å². The van der Waals surface area contributed by atoms with E-state index in [1.807, 2.05) is 0 Å². The molecule has 0 bridgehead atoms. The fourth-order valence-electron chi connectivity index (χ4n) is 1.57. The van der Waals surface area contributed by atoms with E-state index >= 15 is 0 Å². The number of benzene rings is 1. The van der Waals surface area contributed by atoms with Gasteiger partial charge in [0.25, 0.3) is 0 Å². The van der Waals surface area contributed by atoms with E-state index in [9.17, 15) is 14.0 Å². The summed E-state index contributed by atoms with van der Waals surface area (Å²) in [5.41, 5.74) is 0.365. The Balaban J connectivity index is 2.81. The van der Waals surface area contributed by atoms with Crippen LogP contribution in [0.25, 0.3) is 0 Å². The molecule has 1 rings (SSSR count). The van der Waals surface area contributed by atoms with Crippen molar-refractivity contribution in [1.29, 1.82) is 0 Å². The second kappa shape index (κ2) is 6.74. The zero-order valence-corrected chi connectivity index (χ0v) is 10.4. The molecular formula is C13H16FNO3. The molecular weight excluding hydrogens is 237 g/mol. The van der Waals surface area contributed by atoms with Crippen molar-refractivity contribution in [2.45, 2.75) is 26.3 Å². The number of nitrogens with one attached hydrogen (secondary N) is 1. The number of amides is 1. The van der Waals surface area contributed by atoms with Crippen LogP contribution in [0.2, 0.25) is 0 Å². The molecule has 98 valence electrons. The maximum Gasteiger partial charge on any atom is 0.328 e. The van der Waals surface area contributed by atoms with Gasteiger partial charge in [-0.2, -0.15) is 0 Å². The molecule has 1 N–H and O–H groups in total. The molecule has 0 radical (unpaired) electrons. The van der Waals surface area contributed by atoms with Crippen molar-refractivity contribution in [3.8, 4) is 0 Å². The van der Waals surface area contributed by atoms with Crippen molar-refractivity contribution < 1.29 is 18.7 Å². The standard InChI is InChI=1S/C13H16FNO3/c1-3-18-13(17)12(15-9(2)16)8-10-6-4-5-7-11(10)14/h4-7,12H,3,8H2,1-2H3,(H,15,16). The highest BCUT2D eigenvalue weighted by Crippen LogP contribution is 2.10. The minimum atomic E-state index is -0.862. The van der Waals surface area contributed by atoms with E-state index in [1.54, 1.807) is 25.1 Å². The number of carbonyl (C=O) groups excluding carboxylic acids is 2. The molecule has 4 nitrogen and oxygen atoms in total. The monoisotopic (exact) mass is 253 g/mol. The van der Waals surface area contributed by atoms with E-state index < -0.39 is 17.8 Å². The first-order valence-corrected chi connectivity index (χ1v) is 5.71. The third-order valence-electron chi connectivity index (χ3n) is 2.33. The lowest BCUT2D eigenvalue weighted by atomic mass is 10.1. The third-order valence-corrected chi connectivity index (χ3v) is 2.33. The molecule has 0 saturated heterocycles. The fraction of sp³-hybridized carbons (Fsp3) is 0.385. The molecule has 1 aromatic rings. The van der Waals surface area contributed by atoms with Crippen molar-refractivity contribution >= 4 is 11.9 Å². The molecule has 1 unspecified atom stereocenters. The molecule has 0 fully saturated rings. The number of esters is 1. The summed E-state index contributed by atoms with van der Waals surface area (Å²) in [4.78, 5) is 22.7. The SMILES string of the molecule is CCOC(=O)C(Cc1ccccc1F)NC(C)=O. The van der Waals surface area contributed by atoms with Crippen molar-refractivity contribution in [2.75, 3.05) is 6.61 Å². The predicted octanol–water partition coefficient (Wildman–Crippen LogP) is 1.44. The topological polar surface area (TPSA) is 55.4 Å². The summed E-state index contributed by atoms with van der Waals surface area (Å²) >= 11 is 0. The first-order valence-electron chi connectivity index (χ1n) is 5.71. The lowest BCUT2D eigenvalue weighted by Gasteiger charge is -2.16. The summed E-state index contributed by atoms with van der Waals surface area (Å²) in [6, 6.07) is 5.26. The quantitative estimate of drug-likeness (QED) is 0.808. The van der Waals surface area contributed by atoms with Crippen LogP contribution in [0.4, 0.5) is 4.39 Å². The van der Waals surface area contributed by atoms with Crippen molar-refractivity contribution in [1.82, 2.24) is 5.32 Å². The number of rotatable bonds is 5. The fourth-order valence-corrected chi connectivity index (χ4v) is 1.57. The second-order valence-corrected chi connectivity index (χ2v) is 3.80. The van der Waals surface area contributed by atoms with Crippen LogP contribution in [0.5, 0.6) is 0 Å². The number of hydrogen-bond acceptors (Lipinski definition) is 3. The lowest BCUT2D eigenvalue weighted by molar-refractivity contribution is -0.147. The van der Waals surface area contributed by atoms with Gasteiger partial charge in [0.1, 0.15) is 11.9 Å². The van der Waals surface area contributed by atoms with E-state index in [0.717, 1.165) is 0 Å². The Labute approximate surface area is 105 Å². The predicted molar refractivity (Wildman–Crippen MR) is 64.3 cm³/mol. The molecule has 0 aliphatic heterocycles. The Morgan fingerprint density at radius 2 is 2.06 bits per heavy atom. The molecule has 1 aromatic carbocycles. The van der Waals surface area contributed by atoms with Gasteiger partial charge in [0.05, 0.1) is 6.61 Å². The highest BCUT2D eigenvalue weighted by Gasteiger charge is 2.22. The average molecular weight is 253 g/mol. The van der Waals surface area contributed by atoms with Gasteiger partial charge < -0.3 is 10.1 Å². The van der Waals surface area contributed by atoms with Gasteiger partial charge in [-0.15, -0.1) is 0 Å². The van der Waals surface area contributed by atoms with Gasteiger partial charge in [0.2, 0.25) is 5.91 Å². The van der Waals surface area contributed by atoms with Gasteiger partial charge in [-0.25, -0.2) is 9.18 Å². The molecule has 0 aliphatic rings. The van der Waals surface area contributed by atoms with Crippen molar-refractivity contribution in [2.24, 2.45) is 0 Å². The van der Waals surface area contributed by atoms with Crippen LogP contribution in [0, 0.1) is 5.82 Å². The van der Waals surface area contributed by atoms with Gasteiger partial charge in [-0.1, -0.05) is 18.2 Å². The summed E-state index contributed by atoms with van der Waals surface area (Å²) in [7, 11) is 0. The number of carbonyl (C=O) groups is 2. The highest BCUT2D eigenvalue weighted by atomic mass is 19.1. The van der Waals surface area contributed by atoms with Crippen LogP contribution >= 0.6 is 0 Å². The summed E-state index contributed by atoms with van der Waals surface area (Å²) < 4.78 is 18.3. The van der Waals surface area contributed by atoms with E-state index in [-0.39, 0.29) is 18.9 Å². The molecule has 1 atom stereocenters. The van der Waals surface area contributed by atoms with Crippen LogP contribution in [-0.4, -0.2) is 24.5 Å². The van der Waals surface area contributed by atoms with Gasteiger partial charge in [0.15, 0.2) is 0 Å². The molecule has 0 aliphatic carbocycles. The zero-order chi connectivity index (χ0) is 13.5. The van der Waals surface area contributed by atoms with Gasteiger partial charge in [0, 0.05) is 13.3 Å². The Bertz CT molecular complexity index is 434. The minimum Gasteiger partial charge on any atom is -0.464 e. The molecule has 18 heavy (non-hydrogen) atoms. The van der Waals surface area contributed by atoms with Crippen LogP contribution in [0.3, 0.4) is 0 Å². The van der Waals surface area contributed by atoms with Crippen LogP contribution < -0.4 is 5.32 Å². The Morgan fingerprint density at radius 3 is 2.61 bits per heavy atom. The summed E-state index contributed by atoms with van der Waals surface area (Å²) in [6.45, 7) is 3.19. The number of hydrogen-bond donors (Lipinski definition) is 1.